The van der Waals surface area contributed by atoms with E-state index in [1.165, 1.54) is 0 Å². The van der Waals surface area contributed by atoms with Crippen molar-refractivity contribution in [3.8, 4) is 0 Å². The molecule has 2 atom stereocenters. The molecule has 0 saturated carbocycles. The van der Waals surface area contributed by atoms with E-state index in [4.69, 9.17) is 15.0 Å². The standard InChI is InChI=1S/C18H27N5O6/c1-18(2,3)29-17(27)21-14(15(24)25)9-6-10-20-16(26)28-11-12-7-4-5-8-13(12)22-23-19/h4-5,7-8,14,16,20,26H,6,9-11H2,1-3H3,(H,21,27)(H,24,25)/t14-,16?/m0/s1. The lowest BCUT2D eigenvalue weighted by atomic mass is 10.1. The maximum atomic E-state index is 11.7. The Morgan fingerprint density at radius 3 is 2.62 bits per heavy atom. The minimum atomic E-state index is -1.30. The van der Waals surface area contributed by atoms with Crippen LogP contribution < -0.4 is 10.6 Å². The molecular weight excluding hydrogens is 382 g/mol. The number of rotatable bonds is 11. The Morgan fingerprint density at radius 2 is 2.00 bits per heavy atom. The number of alkyl carbamates (subject to hydrolysis) is 1. The van der Waals surface area contributed by atoms with Crippen LogP contribution in [0.5, 0.6) is 0 Å². The molecule has 11 nitrogen and oxygen atoms in total. The summed E-state index contributed by atoms with van der Waals surface area (Å²) < 4.78 is 10.3. The van der Waals surface area contributed by atoms with Gasteiger partial charge < -0.3 is 25.0 Å². The lowest BCUT2D eigenvalue weighted by Crippen LogP contribution is -2.44. The number of hydrogen-bond donors (Lipinski definition) is 4. The van der Waals surface area contributed by atoms with Crippen LogP contribution in [0.2, 0.25) is 0 Å². The molecule has 0 bridgehead atoms. The molecule has 11 heteroatoms. The Kier molecular flexibility index (Phi) is 9.90. The van der Waals surface area contributed by atoms with Gasteiger partial charge in [0, 0.05) is 10.6 Å². The van der Waals surface area contributed by atoms with Crippen molar-refractivity contribution in [2.75, 3.05) is 6.54 Å². The van der Waals surface area contributed by atoms with Crippen molar-refractivity contribution in [2.24, 2.45) is 5.11 Å². The third-order valence-corrected chi connectivity index (χ3v) is 3.52. The first-order chi connectivity index (χ1) is 13.6. The monoisotopic (exact) mass is 409 g/mol. The molecule has 0 saturated heterocycles. The second kappa shape index (κ2) is 11.9. The molecular formula is C18H27N5O6. The van der Waals surface area contributed by atoms with Crippen molar-refractivity contribution in [1.29, 1.82) is 0 Å². The maximum Gasteiger partial charge on any atom is 0.408 e. The number of benzene rings is 1. The van der Waals surface area contributed by atoms with E-state index in [0.29, 0.717) is 17.7 Å². The molecule has 1 amide bonds. The van der Waals surface area contributed by atoms with E-state index in [0.717, 1.165) is 0 Å². The van der Waals surface area contributed by atoms with Gasteiger partial charge in [-0.1, -0.05) is 29.4 Å². The van der Waals surface area contributed by atoms with Crippen LogP contribution in [0.25, 0.3) is 10.4 Å². The number of aliphatic hydroxyl groups is 1. The van der Waals surface area contributed by atoms with E-state index < -0.39 is 30.1 Å². The van der Waals surface area contributed by atoms with Gasteiger partial charge in [-0.05, 0) is 51.3 Å². The van der Waals surface area contributed by atoms with Crippen LogP contribution in [0.1, 0.15) is 39.2 Å². The SMILES string of the molecule is CC(C)(C)OC(=O)N[C@@H](CCCNC(O)OCc1ccccc1N=[N+]=[N-])C(=O)O. The Bertz CT molecular complexity index is 730. The van der Waals surface area contributed by atoms with E-state index in [9.17, 15) is 19.8 Å². The van der Waals surface area contributed by atoms with Crippen LogP contribution in [-0.4, -0.2) is 46.9 Å². The number of carboxylic acid groups (broad SMARTS) is 1. The molecule has 29 heavy (non-hydrogen) atoms. The Balaban J connectivity index is 2.37. The molecule has 1 unspecified atom stereocenters. The lowest BCUT2D eigenvalue weighted by molar-refractivity contribution is -0.139. The second-order valence-electron chi connectivity index (χ2n) is 7.11. The van der Waals surface area contributed by atoms with Gasteiger partial charge in [0.15, 0.2) is 0 Å². The molecule has 0 aliphatic heterocycles. The van der Waals surface area contributed by atoms with Gasteiger partial charge in [-0.3, -0.25) is 5.32 Å². The topological polar surface area (TPSA) is 166 Å². The summed E-state index contributed by atoms with van der Waals surface area (Å²) in [5, 5.41) is 27.6. The van der Waals surface area contributed by atoms with Crippen LogP contribution in [0.15, 0.2) is 29.4 Å². The van der Waals surface area contributed by atoms with Crippen molar-refractivity contribution in [3.05, 3.63) is 40.3 Å². The summed E-state index contributed by atoms with van der Waals surface area (Å²) >= 11 is 0. The van der Waals surface area contributed by atoms with E-state index in [1.54, 1.807) is 45.0 Å². The Hall–Kier alpha value is -2.85. The average molecular weight is 409 g/mol. The van der Waals surface area contributed by atoms with E-state index in [2.05, 4.69) is 20.7 Å². The highest BCUT2D eigenvalue weighted by Gasteiger charge is 2.23. The predicted molar refractivity (Wildman–Crippen MR) is 104 cm³/mol. The van der Waals surface area contributed by atoms with Crippen LogP contribution in [-0.2, 0) is 20.9 Å². The minimum absolute atomic E-state index is 0.0152. The third kappa shape index (κ3) is 10.3. The number of hydrogen-bond acceptors (Lipinski definition) is 7. The van der Waals surface area contributed by atoms with Gasteiger partial charge in [0.1, 0.15) is 11.6 Å². The van der Waals surface area contributed by atoms with Crippen molar-refractivity contribution in [3.63, 3.8) is 0 Å². The molecule has 0 aromatic heterocycles. The summed E-state index contributed by atoms with van der Waals surface area (Å²) in [6, 6.07) is 5.68. The van der Waals surface area contributed by atoms with Crippen molar-refractivity contribution >= 4 is 17.7 Å². The van der Waals surface area contributed by atoms with E-state index >= 15 is 0 Å². The number of amides is 1. The van der Waals surface area contributed by atoms with Gasteiger partial charge in [0.25, 0.3) is 0 Å². The van der Waals surface area contributed by atoms with Crippen molar-refractivity contribution in [1.82, 2.24) is 10.6 Å². The Morgan fingerprint density at radius 1 is 1.31 bits per heavy atom. The van der Waals surface area contributed by atoms with Crippen molar-refractivity contribution < 1.29 is 29.3 Å². The molecule has 0 radical (unpaired) electrons. The summed E-state index contributed by atoms with van der Waals surface area (Å²) in [4.78, 5) is 25.7. The van der Waals surface area contributed by atoms with Gasteiger partial charge in [-0.2, -0.15) is 0 Å². The fourth-order valence-corrected chi connectivity index (χ4v) is 2.25. The smallest absolute Gasteiger partial charge is 0.408 e. The summed E-state index contributed by atoms with van der Waals surface area (Å²) in [5.41, 5.74) is 8.82. The van der Waals surface area contributed by atoms with Crippen LogP contribution in [0, 0.1) is 0 Å². The molecule has 160 valence electrons. The highest BCUT2D eigenvalue weighted by atomic mass is 16.6. The molecule has 0 spiro atoms. The molecule has 0 aliphatic rings. The number of aliphatic hydroxyl groups excluding tert-OH is 1. The number of aliphatic carboxylic acids is 1. The highest BCUT2D eigenvalue weighted by molar-refractivity contribution is 5.79. The first-order valence-electron chi connectivity index (χ1n) is 9.01. The summed E-state index contributed by atoms with van der Waals surface area (Å²) in [6.45, 7) is 5.30. The molecule has 0 fully saturated rings. The first-order valence-corrected chi connectivity index (χ1v) is 9.01. The third-order valence-electron chi connectivity index (χ3n) is 3.52. The average Bonchev–Trinajstić information content (AvgIpc) is 2.62. The lowest BCUT2D eigenvalue weighted by Gasteiger charge is -2.22. The predicted octanol–water partition coefficient (Wildman–Crippen LogP) is 2.77. The van der Waals surface area contributed by atoms with Crippen LogP contribution in [0.3, 0.4) is 0 Å². The molecule has 0 heterocycles. The summed E-state index contributed by atoms with van der Waals surface area (Å²) in [7, 11) is 0. The van der Waals surface area contributed by atoms with Gasteiger partial charge in [0.05, 0.1) is 6.61 Å². The van der Waals surface area contributed by atoms with E-state index in [1.807, 2.05) is 0 Å². The molecule has 1 aromatic rings. The van der Waals surface area contributed by atoms with Crippen molar-refractivity contribution in [2.45, 2.75) is 58.3 Å². The molecule has 1 rings (SSSR count). The summed E-state index contributed by atoms with van der Waals surface area (Å²) in [5.74, 6) is -1.18. The minimum Gasteiger partial charge on any atom is -0.480 e. The normalized spacial score (nSPS) is 13.1. The quantitative estimate of drug-likeness (QED) is 0.143. The summed E-state index contributed by atoms with van der Waals surface area (Å²) in [6.07, 6.45) is -1.62. The molecule has 4 N–H and O–H groups in total. The second-order valence-corrected chi connectivity index (χ2v) is 7.11. The van der Waals surface area contributed by atoms with Gasteiger partial charge >= 0.3 is 12.1 Å². The Labute approximate surface area is 168 Å². The van der Waals surface area contributed by atoms with E-state index in [-0.39, 0.29) is 19.6 Å². The van der Waals surface area contributed by atoms with Gasteiger partial charge in [0.2, 0.25) is 6.41 Å². The molecule has 1 aromatic carbocycles. The highest BCUT2D eigenvalue weighted by Crippen LogP contribution is 2.19. The van der Waals surface area contributed by atoms with Gasteiger partial charge in [-0.25, -0.2) is 9.59 Å². The number of carbonyl (C=O) groups excluding carboxylic acids is 1. The maximum absolute atomic E-state index is 11.7. The molecule has 0 aliphatic carbocycles. The fraction of sp³-hybridized carbons (Fsp3) is 0.556. The zero-order chi connectivity index (χ0) is 21.9. The first kappa shape index (κ1) is 24.2. The fourth-order valence-electron chi connectivity index (χ4n) is 2.25. The zero-order valence-electron chi connectivity index (χ0n) is 16.7. The van der Waals surface area contributed by atoms with Gasteiger partial charge in [-0.15, -0.1) is 0 Å². The number of nitrogens with zero attached hydrogens (tertiary/aromatic N) is 3. The number of carbonyl (C=O) groups is 2. The number of nitrogens with one attached hydrogen (secondary N) is 2. The number of carboxylic acids is 1. The largest absolute Gasteiger partial charge is 0.480 e. The number of ether oxygens (including phenoxy) is 2. The zero-order valence-corrected chi connectivity index (χ0v) is 16.7. The number of azide groups is 1. The van der Waals surface area contributed by atoms with Crippen LogP contribution >= 0.6 is 0 Å². The van der Waals surface area contributed by atoms with Crippen LogP contribution in [0.4, 0.5) is 10.5 Å².